The maximum atomic E-state index is 12.5. The molecule has 1 heterocycles. The molecular formula is C19H23N3O4S. The summed E-state index contributed by atoms with van der Waals surface area (Å²) in [6.07, 6.45) is 0. The standard InChI is InChI=1S/C19H23N3O4S/c1-5-26-18(25)13-8-6-7-9-14(13)20-17(24)12(4)27-19-21-15(11(2)3)10-16(23)22-19/h6-12H,5H2,1-4H3,(H,20,24)(H,21,22,23). The fraction of sp³-hybridized carbons (Fsp3) is 0.368. The molecule has 0 fully saturated rings. The Bertz CT molecular complexity index is 879. The molecule has 1 aromatic heterocycles. The lowest BCUT2D eigenvalue weighted by molar-refractivity contribution is -0.115. The lowest BCUT2D eigenvalue weighted by Crippen LogP contribution is -2.24. The fourth-order valence-electron chi connectivity index (χ4n) is 2.24. The highest BCUT2D eigenvalue weighted by molar-refractivity contribution is 8.00. The number of para-hydroxylation sites is 1. The second kappa shape index (κ2) is 9.36. The molecule has 0 aliphatic rings. The van der Waals surface area contributed by atoms with Crippen molar-refractivity contribution >= 4 is 29.3 Å². The van der Waals surface area contributed by atoms with E-state index in [9.17, 15) is 14.4 Å². The zero-order valence-electron chi connectivity index (χ0n) is 15.7. The van der Waals surface area contributed by atoms with E-state index in [1.807, 2.05) is 13.8 Å². The average Bonchev–Trinajstić information content (AvgIpc) is 2.61. The number of aromatic nitrogens is 2. The molecule has 0 bridgehead atoms. The van der Waals surface area contributed by atoms with Crippen LogP contribution in [0.1, 0.15) is 49.7 Å². The van der Waals surface area contributed by atoms with E-state index in [4.69, 9.17) is 4.74 Å². The molecule has 7 nitrogen and oxygen atoms in total. The molecule has 0 radical (unpaired) electrons. The highest BCUT2D eigenvalue weighted by atomic mass is 32.2. The number of nitrogens with zero attached hydrogens (tertiary/aromatic N) is 1. The zero-order chi connectivity index (χ0) is 20.0. The number of nitrogens with one attached hydrogen (secondary N) is 2. The van der Waals surface area contributed by atoms with Crippen molar-refractivity contribution in [2.45, 2.75) is 44.0 Å². The van der Waals surface area contributed by atoms with Crippen LogP contribution in [0.2, 0.25) is 0 Å². The van der Waals surface area contributed by atoms with Gasteiger partial charge in [-0.25, -0.2) is 9.78 Å². The molecule has 144 valence electrons. The fourth-order valence-corrected chi connectivity index (χ4v) is 3.06. The maximum absolute atomic E-state index is 12.5. The molecule has 1 amide bonds. The Morgan fingerprint density at radius 1 is 1.26 bits per heavy atom. The van der Waals surface area contributed by atoms with Gasteiger partial charge in [-0.15, -0.1) is 0 Å². The van der Waals surface area contributed by atoms with Crippen molar-refractivity contribution in [3.05, 3.63) is 51.9 Å². The van der Waals surface area contributed by atoms with Crippen LogP contribution < -0.4 is 10.9 Å². The molecule has 2 rings (SSSR count). The second-order valence-electron chi connectivity index (χ2n) is 6.15. The summed E-state index contributed by atoms with van der Waals surface area (Å²) in [5.74, 6) is -0.703. The minimum absolute atomic E-state index is 0.104. The van der Waals surface area contributed by atoms with E-state index < -0.39 is 11.2 Å². The predicted octanol–water partition coefficient (Wildman–Crippen LogP) is 3.19. The molecule has 8 heteroatoms. The molecule has 0 aliphatic heterocycles. The number of amides is 1. The summed E-state index contributed by atoms with van der Waals surface area (Å²) in [5.41, 5.74) is 1.09. The smallest absolute Gasteiger partial charge is 0.340 e. The van der Waals surface area contributed by atoms with Gasteiger partial charge >= 0.3 is 5.97 Å². The van der Waals surface area contributed by atoms with Crippen molar-refractivity contribution in [1.29, 1.82) is 0 Å². The van der Waals surface area contributed by atoms with Crippen LogP contribution in [0.3, 0.4) is 0 Å². The van der Waals surface area contributed by atoms with Gasteiger partial charge in [0, 0.05) is 6.07 Å². The van der Waals surface area contributed by atoms with Crippen molar-refractivity contribution in [3.8, 4) is 0 Å². The molecule has 1 aromatic carbocycles. The molecule has 0 saturated carbocycles. The number of carbonyl (C=O) groups excluding carboxylic acids is 2. The van der Waals surface area contributed by atoms with Crippen molar-refractivity contribution in [1.82, 2.24) is 9.97 Å². The third-order valence-corrected chi connectivity index (χ3v) is 4.65. The SMILES string of the molecule is CCOC(=O)c1ccccc1NC(=O)C(C)Sc1nc(C(C)C)cc(=O)[nH]1. The van der Waals surface area contributed by atoms with Crippen LogP contribution in [0, 0.1) is 0 Å². The van der Waals surface area contributed by atoms with Gasteiger partial charge in [-0.2, -0.15) is 0 Å². The minimum Gasteiger partial charge on any atom is -0.462 e. The number of aromatic amines is 1. The number of benzene rings is 1. The van der Waals surface area contributed by atoms with Gasteiger partial charge in [0.1, 0.15) is 0 Å². The maximum Gasteiger partial charge on any atom is 0.340 e. The Kier molecular flexibility index (Phi) is 7.18. The van der Waals surface area contributed by atoms with Crippen LogP contribution in [-0.2, 0) is 9.53 Å². The van der Waals surface area contributed by atoms with Crippen LogP contribution in [0.25, 0.3) is 0 Å². The molecule has 1 unspecified atom stereocenters. The van der Waals surface area contributed by atoms with Gasteiger partial charge in [0.2, 0.25) is 5.91 Å². The normalized spacial score (nSPS) is 11.9. The van der Waals surface area contributed by atoms with E-state index in [0.717, 1.165) is 11.8 Å². The molecule has 1 atom stereocenters. The molecule has 2 aromatic rings. The molecule has 2 N–H and O–H groups in total. The van der Waals surface area contributed by atoms with Crippen LogP contribution in [0.15, 0.2) is 40.3 Å². The Labute approximate surface area is 161 Å². The van der Waals surface area contributed by atoms with Crippen molar-refractivity contribution in [3.63, 3.8) is 0 Å². The average molecular weight is 389 g/mol. The Morgan fingerprint density at radius 2 is 1.96 bits per heavy atom. The van der Waals surface area contributed by atoms with Gasteiger partial charge in [-0.1, -0.05) is 37.7 Å². The lowest BCUT2D eigenvalue weighted by Gasteiger charge is -2.14. The largest absolute Gasteiger partial charge is 0.462 e. The lowest BCUT2D eigenvalue weighted by atomic mass is 10.1. The third-order valence-electron chi connectivity index (χ3n) is 3.67. The zero-order valence-corrected chi connectivity index (χ0v) is 16.6. The quantitative estimate of drug-likeness (QED) is 0.428. The van der Waals surface area contributed by atoms with Crippen molar-refractivity contribution in [2.75, 3.05) is 11.9 Å². The first-order chi connectivity index (χ1) is 12.8. The highest BCUT2D eigenvalue weighted by Gasteiger charge is 2.20. The Balaban J connectivity index is 2.13. The van der Waals surface area contributed by atoms with Gasteiger partial charge in [-0.05, 0) is 31.9 Å². The summed E-state index contributed by atoms with van der Waals surface area (Å²) in [6.45, 7) is 7.56. The van der Waals surface area contributed by atoms with Gasteiger partial charge in [0.15, 0.2) is 5.16 Å². The van der Waals surface area contributed by atoms with Crippen LogP contribution >= 0.6 is 11.8 Å². The van der Waals surface area contributed by atoms with Gasteiger partial charge in [-0.3, -0.25) is 9.59 Å². The summed E-state index contributed by atoms with van der Waals surface area (Å²) < 4.78 is 5.01. The Morgan fingerprint density at radius 3 is 2.63 bits per heavy atom. The number of hydrogen-bond acceptors (Lipinski definition) is 6. The summed E-state index contributed by atoms with van der Waals surface area (Å²) >= 11 is 1.15. The minimum atomic E-state index is -0.536. The number of thioether (sulfide) groups is 1. The van der Waals surface area contributed by atoms with E-state index in [0.29, 0.717) is 22.1 Å². The molecule has 0 aliphatic carbocycles. The van der Waals surface area contributed by atoms with Crippen molar-refractivity contribution in [2.24, 2.45) is 0 Å². The summed E-state index contributed by atoms with van der Waals surface area (Å²) in [7, 11) is 0. The van der Waals surface area contributed by atoms with Gasteiger partial charge in [0.25, 0.3) is 5.56 Å². The predicted molar refractivity (Wildman–Crippen MR) is 105 cm³/mol. The topological polar surface area (TPSA) is 101 Å². The monoisotopic (exact) mass is 389 g/mol. The number of carbonyl (C=O) groups is 2. The summed E-state index contributed by atoms with van der Waals surface area (Å²) in [6, 6.07) is 8.11. The highest BCUT2D eigenvalue weighted by Crippen LogP contribution is 2.23. The van der Waals surface area contributed by atoms with E-state index in [2.05, 4.69) is 15.3 Å². The van der Waals surface area contributed by atoms with Crippen LogP contribution in [0.4, 0.5) is 5.69 Å². The second-order valence-corrected chi connectivity index (χ2v) is 7.48. The molecule has 0 spiro atoms. The number of ether oxygens (including phenoxy) is 1. The summed E-state index contributed by atoms with van der Waals surface area (Å²) in [5, 5.41) is 2.59. The van der Waals surface area contributed by atoms with Crippen molar-refractivity contribution < 1.29 is 14.3 Å². The van der Waals surface area contributed by atoms with E-state index >= 15 is 0 Å². The third kappa shape index (κ3) is 5.68. The van der Waals surface area contributed by atoms with E-state index in [-0.39, 0.29) is 24.0 Å². The van der Waals surface area contributed by atoms with Gasteiger partial charge < -0.3 is 15.0 Å². The first-order valence-electron chi connectivity index (χ1n) is 8.66. The number of anilines is 1. The van der Waals surface area contributed by atoms with Crippen LogP contribution in [0.5, 0.6) is 0 Å². The molecular weight excluding hydrogens is 366 g/mol. The number of esters is 1. The number of hydrogen-bond donors (Lipinski definition) is 2. The summed E-state index contributed by atoms with van der Waals surface area (Å²) in [4.78, 5) is 43.4. The van der Waals surface area contributed by atoms with Crippen LogP contribution in [-0.4, -0.2) is 33.7 Å². The first kappa shape index (κ1) is 20.7. The molecule has 27 heavy (non-hydrogen) atoms. The van der Waals surface area contributed by atoms with E-state index in [1.54, 1.807) is 38.1 Å². The Hall–Kier alpha value is -2.61. The number of rotatable bonds is 7. The first-order valence-corrected chi connectivity index (χ1v) is 9.54. The molecule has 0 saturated heterocycles. The van der Waals surface area contributed by atoms with E-state index in [1.165, 1.54) is 6.07 Å². The van der Waals surface area contributed by atoms with Gasteiger partial charge in [0.05, 0.1) is 28.8 Å². The number of H-pyrrole nitrogens is 1.